The Hall–Kier alpha value is -2.92. The van der Waals surface area contributed by atoms with Crippen LogP contribution in [0.5, 0.6) is 11.5 Å². The largest absolute Gasteiger partial charge is 0.497 e. The van der Waals surface area contributed by atoms with Gasteiger partial charge in [0.05, 0.1) is 26.3 Å². The van der Waals surface area contributed by atoms with E-state index in [1.165, 1.54) is 7.11 Å². The summed E-state index contributed by atoms with van der Waals surface area (Å²) in [6.45, 7) is 0.257. The second-order valence-electron chi connectivity index (χ2n) is 5.52. The Morgan fingerprint density at radius 1 is 1.04 bits per heavy atom. The highest BCUT2D eigenvalue weighted by Crippen LogP contribution is 2.25. The van der Waals surface area contributed by atoms with E-state index in [9.17, 15) is 4.79 Å². The number of carbonyl (C=O) groups excluding carboxylic acids is 1. The standard InChI is InChI=1S/C20H18ClNO4/c1-24-15-7-10-19(25-2)17(11-15)20(23)22-12-16-8-9-18(26-16)13-3-5-14(21)6-4-13/h3-11H,12H2,1-2H3,(H,22,23). The Morgan fingerprint density at radius 2 is 1.81 bits per heavy atom. The van der Waals surface area contributed by atoms with E-state index in [-0.39, 0.29) is 12.5 Å². The number of furan rings is 1. The van der Waals surface area contributed by atoms with Crippen LogP contribution in [0.4, 0.5) is 0 Å². The van der Waals surface area contributed by atoms with Gasteiger partial charge in [0.15, 0.2) is 0 Å². The number of carbonyl (C=O) groups is 1. The fourth-order valence-electron chi connectivity index (χ4n) is 2.50. The van der Waals surface area contributed by atoms with Gasteiger partial charge in [-0.05, 0) is 54.6 Å². The summed E-state index contributed by atoms with van der Waals surface area (Å²) in [4.78, 5) is 12.5. The van der Waals surface area contributed by atoms with Crippen LogP contribution in [-0.4, -0.2) is 20.1 Å². The Kier molecular flexibility index (Phi) is 5.49. The van der Waals surface area contributed by atoms with E-state index in [1.807, 2.05) is 24.3 Å². The lowest BCUT2D eigenvalue weighted by molar-refractivity contribution is 0.0944. The Morgan fingerprint density at radius 3 is 2.50 bits per heavy atom. The van der Waals surface area contributed by atoms with Crippen LogP contribution in [0.25, 0.3) is 11.3 Å². The molecule has 1 aromatic heterocycles. The van der Waals surface area contributed by atoms with Crippen LogP contribution in [-0.2, 0) is 6.54 Å². The number of amides is 1. The first-order chi connectivity index (χ1) is 12.6. The van der Waals surface area contributed by atoms with Gasteiger partial charge in [0.25, 0.3) is 5.91 Å². The predicted molar refractivity (Wildman–Crippen MR) is 99.9 cm³/mol. The molecule has 2 aromatic carbocycles. The second-order valence-corrected chi connectivity index (χ2v) is 5.96. The smallest absolute Gasteiger partial charge is 0.255 e. The van der Waals surface area contributed by atoms with E-state index in [4.69, 9.17) is 25.5 Å². The highest BCUT2D eigenvalue weighted by molar-refractivity contribution is 6.30. The normalized spacial score (nSPS) is 10.4. The summed E-state index contributed by atoms with van der Waals surface area (Å²) < 4.78 is 16.2. The minimum absolute atomic E-state index is 0.257. The number of benzene rings is 2. The van der Waals surface area contributed by atoms with Gasteiger partial charge in [-0.2, -0.15) is 0 Å². The van der Waals surface area contributed by atoms with Crippen molar-refractivity contribution in [3.63, 3.8) is 0 Å². The second kappa shape index (κ2) is 7.97. The fraction of sp³-hybridized carbons (Fsp3) is 0.150. The number of hydrogen-bond acceptors (Lipinski definition) is 4. The summed E-state index contributed by atoms with van der Waals surface area (Å²) in [5.74, 6) is 2.14. The van der Waals surface area contributed by atoms with Crippen LogP contribution in [0.15, 0.2) is 59.0 Å². The third-order valence-electron chi connectivity index (χ3n) is 3.86. The zero-order valence-electron chi connectivity index (χ0n) is 14.4. The van der Waals surface area contributed by atoms with E-state index < -0.39 is 0 Å². The third-order valence-corrected chi connectivity index (χ3v) is 4.12. The van der Waals surface area contributed by atoms with Crippen molar-refractivity contribution in [1.29, 1.82) is 0 Å². The quantitative estimate of drug-likeness (QED) is 0.690. The van der Waals surface area contributed by atoms with E-state index in [1.54, 1.807) is 37.4 Å². The minimum Gasteiger partial charge on any atom is -0.497 e. The molecule has 0 saturated carbocycles. The third kappa shape index (κ3) is 4.00. The average Bonchev–Trinajstić information content (AvgIpc) is 3.15. The molecule has 0 aliphatic rings. The van der Waals surface area contributed by atoms with Gasteiger partial charge in [-0.3, -0.25) is 4.79 Å². The van der Waals surface area contributed by atoms with Gasteiger partial charge in [-0.15, -0.1) is 0 Å². The van der Waals surface area contributed by atoms with Gasteiger partial charge in [0, 0.05) is 10.6 Å². The molecule has 3 rings (SSSR count). The maximum Gasteiger partial charge on any atom is 0.255 e. The molecule has 26 heavy (non-hydrogen) atoms. The zero-order valence-corrected chi connectivity index (χ0v) is 15.2. The lowest BCUT2D eigenvalue weighted by Crippen LogP contribution is -2.23. The fourth-order valence-corrected chi connectivity index (χ4v) is 2.62. The summed E-state index contributed by atoms with van der Waals surface area (Å²) in [6.07, 6.45) is 0. The topological polar surface area (TPSA) is 60.7 Å². The van der Waals surface area contributed by atoms with Gasteiger partial charge in [0.1, 0.15) is 23.0 Å². The highest BCUT2D eigenvalue weighted by Gasteiger charge is 2.14. The van der Waals surface area contributed by atoms with E-state index >= 15 is 0 Å². The van der Waals surface area contributed by atoms with Gasteiger partial charge in [0.2, 0.25) is 0 Å². The Balaban J connectivity index is 1.70. The van der Waals surface area contributed by atoms with Crippen LogP contribution in [0.3, 0.4) is 0 Å². The Bertz CT molecular complexity index is 902. The molecule has 134 valence electrons. The zero-order chi connectivity index (χ0) is 18.5. The highest BCUT2D eigenvalue weighted by atomic mass is 35.5. The van der Waals surface area contributed by atoms with Crippen molar-refractivity contribution in [1.82, 2.24) is 5.32 Å². The molecule has 3 aromatic rings. The van der Waals surface area contributed by atoms with Crippen molar-refractivity contribution in [3.8, 4) is 22.8 Å². The SMILES string of the molecule is COc1ccc(OC)c(C(=O)NCc2ccc(-c3ccc(Cl)cc3)o2)c1. The summed E-state index contributed by atoms with van der Waals surface area (Å²) in [6, 6.07) is 16.1. The van der Waals surface area contributed by atoms with Crippen LogP contribution in [0, 0.1) is 0 Å². The molecule has 0 aliphatic carbocycles. The summed E-state index contributed by atoms with van der Waals surface area (Å²) in [5.41, 5.74) is 1.32. The molecular formula is C20H18ClNO4. The maximum absolute atomic E-state index is 12.5. The van der Waals surface area contributed by atoms with Gasteiger partial charge < -0.3 is 19.2 Å². The maximum atomic E-state index is 12.5. The molecule has 1 amide bonds. The number of nitrogens with one attached hydrogen (secondary N) is 1. The van der Waals surface area contributed by atoms with E-state index in [0.717, 1.165) is 5.56 Å². The molecule has 0 bridgehead atoms. The lowest BCUT2D eigenvalue weighted by atomic mass is 10.1. The molecular weight excluding hydrogens is 354 g/mol. The number of hydrogen-bond donors (Lipinski definition) is 1. The molecule has 0 atom stereocenters. The first kappa shape index (κ1) is 17.9. The minimum atomic E-state index is -0.273. The van der Waals surface area contributed by atoms with Crippen molar-refractivity contribution in [2.75, 3.05) is 14.2 Å². The molecule has 0 aliphatic heterocycles. The lowest BCUT2D eigenvalue weighted by Gasteiger charge is -2.10. The van der Waals surface area contributed by atoms with E-state index in [0.29, 0.717) is 33.6 Å². The van der Waals surface area contributed by atoms with Crippen LogP contribution in [0.1, 0.15) is 16.1 Å². The average molecular weight is 372 g/mol. The van der Waals surface area contributed by atoms with Crippen molar-refractivity contribution in [2.45, 2.75) is 6.54 Å². The molecule has 1 heterocycles. The van der Waals surface area contributed by atoms with Crippen molar-refractivity contribution >= 4 is 17.5 Å². The van der Waals surface area contributed by atoms with Crippen LogP contribution < -0.4 is 14.8 Å². The molecule has 5 nitrogen and oxygen atoms in total. The molecule has 0 saturated heterocycles. The van der Waals surface area contributed by atoms with Crippen molar-refractivity contribution in [3.05, 3.63) is 70.9 Å². The number of halogens is 1. The first-order valence-electron chi connectivity index (χ1n) is 7.95. The molecule has 0 unspecified atom stereocenters. The summed E-state index contributed by atoms with van der Waals surface area (Å²) >= 11 is 5.90. The summed E-state index contributed by atoms with van der Waals surface area (Å²) in [5, 5.41) is 3.49. The molecule has 0 spiro atoms. The van der Waals surface area contributed by atoms with Gasteiger partial charge in [-0.1, -0.05) is 11.6 Å². The van der Waals surface area contributed by atoms with Crippen LogP contribution >= 0.6 is 11.6 Å². The number of methoxy groups -OCH3 is 2. The van der Waals surface area contributed by atoms with Gasteiger partial charge >= 0.3 is 0 Å². The van der Waals surface area contributed by atoms with Crippen molar-refractivity contribution in [2.24, 2.45) is 0 Å². The molecule has 0 fully saturated rings. The molecule has 6 heteroatoms. The van der Waals surface area contributed by atoms with Crippen molar-refractivity contribution < 1.29 is 18.7 Å². The predicted octanol–water partition coefficient (Wildman–Crippen LogP) is 4.55. The Labute approximate surface area is 156 Å². The number of rotatable bonds is 6. The summed E-state index contributed by atoms with van der Waals surface area (Å²) in [7, 11) is 3.06. The number of ether oxygens (including phenoxy) is 2. The molecule has 0 radical (unpaired) electrons. The first-order valence-corrected chi connectivity index (χ1v) is 8.33. The van der Waals surface area contributed by atoms with E-state index in [2.05, 4.69) is 5.32 Å². The molecule has 1 N–H and O–H groups in total. The van der Waals surface area contributed by atoms with Crippen LogP contribution in [0.2, 0.25) is 5.02 Å². The monoisotopic (exact) mass is 371 g/mol. The van der Waals surface area contributed by atoms with Gasteiger partial charge in [-0.25, -0.2) is 0 Å².